The standard InChI is InChI=1S/C10H16N4O/c1-5-15-8-10(4,7-12)14-13-9(2,3)6-11/h5,8H2,1-4H3. The summed E-state index contributed by atoms with van der Waals surface area (Å²) in [5.74, 6) is 0. The Labute approximate surface area is 90.4 Å². The molecule has 0 aromatic carbocycles. The molecule has 0 spiro atoms. The van der Waals surface area contributed by atoms with Gasteiger partial charge in [0.05, 0.1) is 18.7 Å². The first-order valence-corrected chi connectivity index (χ1v) is 4.73. The normalized spacial score (nSPS) is 15.6. The van der Waals surface area contributed by atoms with E-state index in [4.69, 9.17) is 15.3 Å². The van der Waals surface area contributed by atoms with Gasteiger partial charge in [-0.2, -0.15) is 20.8 Å². The first-order valence-electron chi connectivity index (χ1n) is 4.73. The molecule has 0 bridgehead atoms. The van der Waals surface area contributed by atoms with Crippen molar-refractivity contribution in [2.24, 2.45) is 10.2 Å². The Hall–Kier alpha value is -1.46. The van der Waals surface area contributed by atoms with Crippen molar-refractivity contribution >= 4 is 0 Å². The van der Waals surface area contributed by atoms with Gasteiger partial charge >= 0.3 is 0 Å². The van der Waals surface area contributed by atoms with Crippen molar-refractivity contribution < 1.29 is 4.74 Å². The Bertz CT molecular complexity index is 310. The molecule has 0 aliphatic heterocycles. The fourth-order valence-electron chi connectivity index (χ4n) is 0.642. The lowest BCUT2D eigenvalue weighted by atomic mass is 10.1. The lowest BCUT2D eigenvalue weighted by Crippen LogP contribution is -2.27. The number of azo groups is 1. The van der Waals surface area contributed by atoms with Crippen LogP contribution in [0.15, 0.2) is 10.2 Å². The van der Waals surface area contributed by atoms with Crippen molar-refractivity contribution in [1.82, 2.24) is 0 Å². The molecule has 0 heterocycles. The van der Waals surface area contributed by atoms with Crippen molar-refractivity contribution in [2.75, 3.05) is 13.2 Å². The number of hydrogen-bond acceptors (Lipinski definition) is 5. The summed E-state index contributed by atoms with van der Waals surface area (Å²) in [5, 5.41) is 25.3. The van der Waals surface area contributed by atoms with Crippen molar-refractivity contribution in [1.29, 1.82) is 10.5 Å². The highest BCUT2D eigenvalue weighted by molar-refractivity contribution is 5.05. The maximum atomic E-state index is 8.91. The van der Waals surface area contributed by atoms with Crippen LogP contribution in [0.3, 0.4) is 0 Å². The average Bonchev–Trinajstić information content (AvgIpc) is 2.24. The van der Waals surface area contributed by atoms with Crippen LogP contribution in [0.2, 0.25) is 0 Å². The second-order valence-electron chi connectivity index (χ2n) is 3.89. The maximum absolute atomic E-state index is 8.91. The van der Waals surface area contributed by atoms with E-state index < -0.39 is 11.1 Å². The Balaban J connectivity index is 4.60. The molecule has 1 atom stereocenters. The van der Waals surface area contributed by atoms with Crippen LogP contribution < -0.4 is 0 Å². The van der Waals surface area contributed by atoms with Gasteiger partial charge in [-0.05, 0) is 27.7 Å². The van der Waals surface area contributed by atoms with E-state index in [-0.39, 0.29) is 6.61 Å². The van der Waals surface area contributed by atoms with Gasteiger partial charge in [0.25, 0.3) is 0 Å². The molecule has 0 rings (SSSR count). The van der Waals surface area contributed by atoms with Crippen LogP contribution in [0, 0.1) is 22.7 Å². The topological polar surface area (TPSA) is 81.5 Å². The zero-order valence-corrected chi connectivity index (χ0v) is 9.61. The fourth-order valence-corrected chi connectivity index (χ4v) is 0.642. The molecular formula is C10H16N4O. The molecule has 82 valence electrons. The molecular weight excluding hydrogens is 192 g/mol. The van der Waals surface area contributed by atoms with Gasteiger partial charge in [0.1, 0.15) is 0 Å². The van der Waals surface area contributed by atoms with Gasteiger partial charge in [0, 0.05) is 6.61 Å². The predicted molar refractivity (Wildman–Crippen MR) is 55.1 cm³/mol. The zero-order valence-electron chi connectivity index (χ0n) is 9.61. The summed E-state index contributed by atoms with van der Waals surface area (Å²) in [4.78, 5) is 0. The maximum Gasteiger partial charge on any atom is 0.187 e. The molecule has 0 amide bonds. The molecule has 15 heavy (non-hydrogen) atoms. The fraction of sp³-hybridized carbons (Fsp3) is 0.800. The van der Waals surface area contributed by atoms with Gasteiger partial charge in [-0.1, -0.05) is 0 Å². The Kier molecular flexibility index (Phi) is 4.90. The minimum Gasteiger partial charge on any atom is -0.378 e. The van der Waals surface area contributed by atoms with E-state index in [1.807, 2.05) is 19.1 Å². The van der Waals surface area contributed by atoms with Crippen molar-refractivity contribution in [2.45, 2.75) is 38.8 Å². The quantitative estimate of drug-likeness (QED) is 0.648. The molecule has 0 aliphatic carbocycles. The van der Waals surface area contributed by atoms with Gasteiger partial charge in [0.15, 0.2) is 11.1 Å². The number of rotatable bonds is 5. The van der Waals surface area contributed by atoms with Gasteiger partial charge in [-0.3, -0.25) is 0 Å². The monoisotopic (exact) mass is 208 g/mol. The Morgan fingerprint density at radius 2 is 1.73 bits per heavy atom. The van der Waals surface area contributed by atoms with Gasteiger partial charge in [0.2, 0.25) is 0 Å². The lowest BCUT2D eigenvalue weighted by molar-refractivity contribution is 0.117. The SMILES string of the molecule is CCOCC(C)(C#N)N=NC(C)(C)C#N. The van der Waals surface area contributed by atoms with Gasteiger partial charge < -0.3 is 4.74 Å². The molecule has 0 N–H and O–H groups in total. The van der Waals surface area contributed by atoms with Crippen molar-refractivity contribution in [3.63, 3.8) is 0 Å². The van der Waals surface area contributed by atoms with Gasteiger partial charge in [-0.15, -0.1) is 0 Å². The molecule has 0 aliphatic rings. The van der Waals surface area contributed by atoms with E-state index in [0.717, 1.165) is 0 Å². The number of nitriles is 2. The molecule has 1 unspecified atom stereocenters. The van der Waals surface area contributed by atoms with Crippen LogP contribution in [0.5, 0.6) is 0 Å². The molecule has 5 nitrogen and oxygen atoms in total. The van der Waals surface area contributed by atoms with Crippen molar-refractivity contribution in [3.05, 3.63) is 0 Å². The summed E-state index contributed by atoms with van der Waals surface area (Å²) in [6.07, 6.45) is 0. The van der Waals surface area contributed by atoms with Crippen LogP contribution in [-0.4, -0.2) is 24.3 Å². The summed E-state index contributed by atoms with van der Waals surface area (Å²) in [6, 6.07) is 4.00. The van der Waals surface area contributed by atoms with E-state index in [9.17, 15) is 0 Å². The van der Waals surface area contributed by atoms with Crippen molar-refractivity contribution in [3.8, 4) is 12.1 Å². The summed E-state index contributed by atoms with van der Waals surface area (Å²) in [6.45, 7) is 7.44. The number of nitrogens with zero attached hydrogens (tertiary/aromatic N) is 4. The zero-order chi connectivity index (χ0) is 11.9. The van der Waals surface area contributed by atoms with Gasteiger partial charge in [-0.25, -0.2) is 0 Å². The Morgan fingerprint density at radius 3 is 2.13 bits per heavy atom. The molecule has 0 aromatic rings. The highest BCUT2D eigenvalue weighted by Gasteiger charge is 2.25. The highest BCUT2D eigenvalue weighted by Crippen LogP contribution is 2.15. The van der Waals surface area contributed by atoms with E-state index in [0.29, 0.717) is 6.61 Å². The average molecular weight is 208 g/mol. The summed E-state index contributed by atoms with van der Waals surface area (Å²) < 4.78 is 5.13. The molecule has 0 aromatic heterocycles. The minimum absolute atomic E-state index is 0.186. The van der Waals surface area contributed by atoms with Crippen LogP contribution >= 0.6 is 0 Å². The largest absolute Gasteiger partial charge is 0.378 e. The second-order valence-corrected chi connectivity index (χ2v) is 3.89. The third-order valence-electron chi connectivity index (χ3n) is 1.62. The predicted octanol–water partition coefficient (Wildman–Crippen LogP) is 2.06. The molecule has 5 heteroatoms. The molecule has 0 fully saturated rings. The summed E-state index contributed by atoms with van der Waals surface area (Å²) in [5.41, 5.74) is -1.91. The van der Waals surface area contributed by atoms with Crippen LogP contribution in [0.1, 0.15) is 27.7 Å². The van der Waals surface area contributed by atoms with E-state index in [1.165, 1.54) is 0 Å². The van der Waals surface area contributed by atoms with E-state index in [2.05, 4.69) is 10.2 Å². The third-order valence-corrected chi connectivity index (χ3v) is 1.62. The van der Waals surface area contributed by atoms with E-state index in [1.54, 1.807) is 20.8 Å². The second kappa shape index (κ2) is 5.43. The van der Waals surface area contributed by atoms with Crippen LogP contribution in [-0.2, 0) is 4.74 Å². The number of ether oxygens (including phenoxy) is 1. The highest BCUT2D eigenvalue weighted by atomic mass is 16.5. The first kappa shape index (κ1) is 13.5. The number of hydrogen-bond donors (Lipinski definition) is 0. The third kappa shape index (κ3) is 5.09. The molecule has 0 radical (unpaired) electrons. The van der Waals surface area contributed by atoms with Crippen LogP contribution in [0.4, 0.5) is 0 Å². The summed E-state index contributed by atoms with van der Waals surface area (Å²) in [7, 11) is 0. The lowest BCUT2D eigenvalue weighted by Gasteiger charge is -2.16. The van der Waals surface area contributed by atoms with Crippen LogP contribution in [0.25, 0.3) is 0 Å². The first-order chi connectivity index (χ1) is 6.89. The smallest absolute Gasteiger partial charge is 0.187 e. The van der Waals surface area contributed by atoms with E-state index >= 15 is 0 Å². The summed E-state index contributed by atoms with van der Waals surface area (Å²) >= 11 is 0. The molecule has 0 saturated heterocycles. The molecule has 0 saturated carbocycles. The minimum atomic E-state index is -1.01. The Morgan fingerprint density at radius 1 is 1.13 bits per heavy atom.